The van der Waals surface area contributed by atoms with E-state index in [0.717, 1.165) is 26.2 Å². The van der Waals surface area contributed by atoms with Gasteiger partial charge in [-0.25, -0.2) is 0 Å². The number of rotatable bonds is 2. The Labute approximate surface area is 97.2 Å². The highest BCUT2D eigenvalue weighted by Crippen LogP contribution is 2.22. The Bertz CT molecular complexity index is 415. The van der Waals surface area contributed by atoms with Crippen LogP contribution in [0.15, 0.2) is 30.4 Å². The molecule has 0 saturated carbocycles. The van der Waals surface area contributed by atoms with E-state index < -0.39 is 0 Å². The van der Waals surface area contributed by atoms with Gasteiger partial charge in [0.1, 0.15) is 5.69 Å². The van der Waals surface area contributed by atoms with Gasteiger partial charge in [0.15, 0.2) is 0 Å². The standard InChI is InChI=1S/C14H18N2/c1-15-10-7-13-12(5-4-6-14(13)15)11-16-8-2-3-9-16/h2-6,15H,1,7-11H2. The molecule has 0 fully saturated rings. The second kappa shape index (κ2) is 4.04. The maximum absolute atomic E-state index is 4.14. The van der Waals surface area contributed by atoms with Gasteiger partial charge in [0.05, 0.1) is 6.54 Å². The first-order valence-electron chi connectivity index (χ1n) is 6.01. The molecule has 2 nitrogen and oxygen atoms in total. The molecule has 2 heterocycles. The van der Waals surface area contributed by atoms with Crippen molar-refractivity contribution in [2.45, 2.75) is 13.0 Å². The summed E-state index contributed by atoms with van der Waals surface area (Å²) in [5.74, 6) is 0. The number of nitrogens with zero attached hydrogens (tertiary/aromatic N) is 1. The van der Waals surface area contributed by atoms with Gasteiger partial charge in [-0.2, -0.15) is 0 Å². The predicted molar refractivity (Wildman–Crippen MR) is 65.4 cm³/mol. The number of benzene rings is 1. The number of nitrogens with one attached hydrogen (secondary N) is 1. The van der Waals surface area contributed by atoms with Gasteiger partial charge in [-0.1, -0.05) is 24.3 Å². The van der Waals surface area contributed by atoms with Crippen molar-refractivity contribution in [1.29, 1.82) is 0 Å². The van der Waals surface area contributed by atoms with E-state index in [-0.39, 0.29) is 0 Å². The Kier molecular flexibility index (Phi) is 2.54. The highest BCUT2D eigenvalue weighted by atomic mass is 15.1. The van der Waals surface area contributed by atoms with Crippen LogP contribution >= 0.6 is 0 Å². The molecule has 1 aromatic rings. The molecule has 0 spiro atoms. The van der Waals surface area contributed by atoms with Gasteiger partial charge in [-0.15, -0.1) is 7.05 Å². The van der Waals surface area contributed by atoms with E-state index in [1.54, 1.807) is 5.56 Å². The Morgan fingerprint density at radius 1 is 1.25 bits per heavy atom. The minimum absolute atomic E-state index is 1.09. The Hall–Kier alpha value is -1.12. The molecule has 2 heteroatoms. The van der Waals surface area contributed by atoms with Gasteiger partial charge >= 0.3 is 0 Å². The minimum atomic E-state index is 1.09. The van der Waals surface area contributed by atoms with Crippen LogP contribution in [-0.4, -0.2) is 24.5 Å². The summed E-state index contributed by atoms with van der Waals surface area (Å²) in [5.41, 5.74) is 4.45. The molecule has 1 unspecified atom stereocenters. The van der Waals surface area contributed by atoms with Crippen LogP contribution in [0.1, 0.15) is 11.1 Å². The van der Waals surface area contributed by atoms with E-state index in [2.05, 4.69) is 42.3 Å². The van der Waals surface area contributed by atoms with Gasteiger partial charge in [-0.05, 0) is 11.6 Å². The summed E-state index contributed by atoms with van der Waals surface area (Å²) >= 11 is 0. The van der Waals surface area contributed by atoms with Gasteiger partial charge in [-0.3, -0.25) is 4.90 Å². The van der Waals surface area contributed by atoms with Gasteiger partial charge in [0.25, 0.3) is 0 Å². The molecular formula is C14H18N2. The molecule has 3 rings (SSSR count). The highest BCUT2D eigenvalue weighted by molar-refractivity contribution is 5.47. The fraction of sp³-hybridized carbons (Fsp3) is 0.357. The van der Waals surface area contributed by atoms with Crippen LogP contribution in [-0.2, 0) is 13.0 Å². The minimum Gasteiger partial charge on any atom is -0.434 e. The zero-order chi connectivity index (χ0) is 11.0. The van der Waals surface area contributed by atoms with Crippen molar-refractivity contribution in [3.63, 3.8) is 0 Å². The molecule has 1 atom stereocenters. The summed E-state index contributed by atoms with van der Waals surface area (Å²) in [5, 5.41) is 0. The van der Waals surface area contributed by atoms with E-state index in [1.807, 2.05) is 0 Å². The molecule has 0 radical (unpaired) electrons. The molecule has 2 aliphatic heterocycles. The predicted octanol–water partition coefficient (Wildman–Crippen LogP) is 0.922. The van der Waals surface area contributed by atoms with Crippen molar-refractivity contribution < 1.29 is 4.90 Å². The van der Waals surface area contributed by atoms with Crippen molar-refractivity contribution in [3.05, 3.63) is 48.5 Å². The zero-order valence-electron chi connectivity index (χ0n) is 9.58. The van der Waals surface area contributed by atoms with E-state index in [0.29, 0.717) is 0 Å². The maximum atomic E-state index is 4.14. The molecule has 0 bridgehead atoms. The molecule has 1 aromatic carbocycles. The van der Waals surface area contributed by atoms with Crippen LogP contribution in [0.5, 0.6) is 0 Å². The lowest BCUT2D eigenvalue weighted by Crippen LogP contribution is -3.00. The zero-order valence-corrected chi connectivity index (χ0v) is 9.58. The lowest BCUT2D eigenvalue weighted by Gasteiger charge is -2.17. The van der Waals surface area contributed by atoms with Gasteiger partial charge < -0.3 is 4.90 Å². The molecule has 2 aliphatic rings. The van der Waals surface area contributed by atoms with Crippen molar-refractivity contribution in [3.8, 4) is 0 Å². The summed E-state index contributed by atoms with van der Waals surface area (Å²) in [6.45, 7) is 4.43. The lowest BCUT2D eigenvalue weighted by molar-refractivity contribution is -0.775. The van der Waals surface area contributed by atoms with Crippen molar-refractivity contribution in [2.24, 2.45) is 0 Å². The summed E-state index contributed by atoms with van der Waals surface area (Å²) in [6.07, 6.45) is 5.69. The van der Waals surface area contributed by atoms with Crippen molar-refractivity contribution in [2.75, 3.05) is 19.6 Å². The first-order valence-corrected chi connectivity index (χ1v) is 6.01. The van der Waals surface area contributed by atoms with Crippen LogP contribution in [0.4, 0.5) is 5.69 Å². The van der Waals surface area contributed by atoms with E-state index in [9.17, 15) is 0 Å². The summed E-state index contributed by atoms with van der Waals surface area (Å²) in [6, 6.07) is 6.67. The smallest absolute Gasteiger partial charge is 0.108 e. The van der Waals surface area contributed by atoms with E-state index >= 15 is 0 Å². The summed E-state index contributed by atoms with van der Waals surface area (Å²) in [7, 11) is 4.14. The molecule has 0 aromatic heterocycles. The quantitative estimate of drug-likeness (QED) is 0.568. The van der Waals surface area contributed by atoms with Gasteiger partial charge in [0.2, 0.25) is 0 Å². The number of quaternary nitrogens is 1. The molecular weight excluding hydrogens is 196 g/mol. The van der Waals surface area contributed by atoms with Crippen LogP contribution in [0.2, 0.25) is 0 Å². The third-order valence-corrected chi connectivity index (χ3v) is 3.62. The van der Waals surface area contributed by atoms with E-state index in [4.69, 9.17) is 0 Å². The van der Waals surface area contributed by atoms with Crippen LogP contribution in [0, 0.1) is 7.05 Å². The fourth-order valence-corrected chi connectivity index (χ4v) is 2.71. The monoisotopic (exact) mass is 214 g/mol. The van der Waals surface area contributed by atoms with Crippen LogP contribution < -0.4 is 4.90 Å². The van der Waals surface area contributed by atoms with E-state index in [1.165, 1.54) is 22.6 Å². The topological polar surface area (TPSA) is 7.68 Å². The maximum Gasteiger partial charge on any atom is 0.108 e. The number of hydrogen-bond donors (Lipinski definition) is 1. The average Bonchev–Trinajstić information content (AvgIpc) is 2.90. The first-order chi connectivity index (χ1) is 7.84. The normalized spacial score (nSPS) is 23.9. The summed E-state index contributed by atoms with van der Waals surface area (Å²) < 4.78 is 0. The van der Waals surface area contributed by atoms with Gasteiger partial charge in [0, 0.05) is 31.6 Å². The summed E-state index contributed by atoms with van der Waals surface area (Å²) in [4.78, 5) is 3.79. The largest absolute Gasteiger partial charge is 0.434 e. The molecule has 16 heavy (non-hydrogen) atoms. The molecule has 0 amide bonds. The lowest BCUT2D eigenvalue weighted by atomic mass is 10.0. The Morgan fingerprint density at radius 3 is 2.88 bits per heavy atom. The first kappa shape index (κ1) is 10.1. The molecule has 0 saturated heterocycles. The van der Waals surface area contributed by atoms with Crippen molar-refractivity contribution >= 4 is 5.69 Å². The number of fused-ring (bicyclic) bond motifs is 1. The fourth-order valence-electron chi connectivity index (χ4n) is 2.71. The van der Waals surface area contributed by atoms with Crippen LogP contribution in [0.25, 0.3) is 0 Å². The number of hydrogen-bond acceptors (Lipinski definition) is 1. The second-order valence-corrected chi connectivity index (χ2v) is 4.71. The SMILES string of the molecule is [CH2-][NH+]1CCc2c(CN3CC=CC3)cccc21. The Balaban J connectivity index is 1.85. The molecule has 84 valence electrons. The molecule has 1 N–H and O–H groups in total. The average molecular weight is 214 g/mol. The van der Waals surface area contributed by atoms with Crippen LogP contribution in [0.3, 0.4) is 0 Å². The third-order valence-electron chi connectivity index (χ3n) is 3.62. The highest BCUT2D eigenvalue weighted by Gasteiger charge is 2.21. The van der Waals surface area contributed by atoms with Crippen molar-refractivity contribution in [1.82, 2.24) is 4.90 Å². The second-order valence-electron chi connectivity index (χ2n) is 4.71. The molecule has 0 aliphatic carbocycles. The third kappa shape index (κ3) is 1.68. The Morgan fingerprint density at radius 2 is 2.06 bits per heavy atom.